The molecule has 0 aromatic carbocycles. The Morgan fingerprint density at radius 2 is 1.70 bits per heavy atom. The predicted molar refractivity (Wildman–Crippen MR) is 76.0 cm³/mol. The average Bonchev–Trinajstić information content (AvgIpc) is 2.85. The van der Waals surface area contributed by atoms with Crippen molar-refractivity contribution < 1.29 is 9.53 Å². The lowest BCUT2D eigenvalue weighted by Gasteiger charge is -2.57. The number of nitrogens with one attached hydrogen (secondary N) is 1. The number of nitrogens with two attached hydrogens (primary N) is 1. The predicted octanol–water partition coefficient (Wildman–Crippen LogP) is 1.58. The largest absolute Gasteiger partial charge is 0.364 e. The van der Waals surface area contributed by atoms with Crippen LogP contribution in [0.25, 0.3) is 0 Å². The van der Waals surface area contributed by atoms with Crippen LogP contribution in [0.1, 0.15) is 51.4 Å². The van der Waals surface area contributed by atoms with Crippen LogP contribution in [-0.4, -0.2) is 30.2 Å². The van der Waals surface area contributed by atoms with Crippen LogP contribution < -0.4 is 11.1 Å². The third-order valence-corrected chi connectivity index (χ3v) is 6.09. The Kier molecular flexibility index (Phi) is 3.08. The highest BCUT2D eigenvalue weighted by molar-refractivity contribution is 5.81. The summed E-state index contributed by atoms with van der Waals surface area (Å²) in [6, 6.07) is 0. The molecule has 20 heavy (non-hydrogen) atoms. The summed E-state index contributed by atoms with van der Waals surface area (Å²) in [5, 5.41) is 3.41. The topological polar surface area (TPSA) is 64.4 Å². The van der Waals surface area contributed by atoms with Crippen LogP contribution in [0.15, 0.2) is 0 Å². The van der Waals surface area contributed by atoms with Gasteiger partial charge >= 0.3 is 0 Å². The fourth-order valence-electron chi connectivity index (χ4n) is 5.68. The van der Waals surface area contributed by atoms with Crippen LogP contribution >= 0.6 is 0 Å². The molecule has 4 bridgehead atoms. The van der Waals surface area contributed by atoms with Crippen molar-refractivity contribution >= 4 is 5.91 Å². The summed E-state index contributed by atoms with van der Waals surface area (Å²) in [7, 11) is 0. The Labute approximate surface area is 120 Å². The van der Waals surface area contributed by atoms with Crippen LogP contribution in [-0.2, 0) is 9.53 Å². The van der Waals surface area contributed by atoms with Crippen molar-refractivity contribution in [1.82, 2.24) is 5.32 Å². The van der Waals surface area contributed by atoms with E-state index in [0.717, 1.165) is 30.6 Å². The summed E-state index contributed by atoms with van der Waals surface area (Å²) in [5.41, 5.74) is 5.73. The molecule has 5 aliphatic rings. The minimum atomic E-state index is -0.253. The third kappa shape index (κ3) is 2.17. The fourth-order valence-corrected chi connectivity index (χ4v) is 5.68. The van der Waals surface area contributed by atoms with Gasteiger partial charge in [0.2, 0.25) is 5.91 Å². The molecular formula is C16H26N2O2. The van der Waals surface area contributed by atoms with Crippen molar-refractivity contribution in [3.05, 3.63) is 0 Å². The number of ether oxygens (including phenoxy) is 1. The summed E-state index contributed by atoms with van der Waals surface area (Å²) in [4.78, 5) is 12.5. The Hall–Kier alpha value is -0.610. The van der Waals surface area contributed by atoms with Gasteiger partial charge in [0, 0.05) is 12.1 Å². The molecule has 4 aliphatic carbocycles. The second kappa shape index (κ2) is 4.70. The average molecular weight is 278 g/mol. The molecule has 1 aliphatic heterocycles. The van der Waals surface area contributed by atoms with Crippen molar-refractivity contribution in [1.29, 1.82) is 0 Å². The molecule has 0 aromatic rings. The molecule has 4 saturated carbocycles. The van der Waals surface area contributed by atoms with Crippen molar-refractivity contribution in [3.8, 4) is 0 Å². The lowest BCUT2D eigenvalue weighted by atomic mass is 9.53. The van der Waals surface area contributed by atoms with Gasteiger partial charge in [0.25, 0.3) is 0 Å². The molecule has 5 fully saturated rings. The van der Waals surface area contributed by atoms with E-state index in [4.69, 9.17) is 10.5 Å². The number of rotatable bonds is 3. The van der Waals surface area contributed by atoms with Crippen molar-refractivity contribution in [2.45, 2.75) is 69.1 Å². The smallest absolute Gasteiger partial charge is 0.249 e. The first-order valence-electron chi connectivity index (χ1n) is 8.33. The highest BCUT2D eigenvalue weighted by atomic mass is 16.5. The van der Waals surface area contributed by atoms with Gasteiger partial charge < -0.3 is 15.8 Å². The molecule has 0 spiro atoms. The maximum absolute atomic E-state index is 12.5. The molecule has 1 amide bonds. The van der Waals surface area contributed by atoms with E-state index < -0.39 is 0 Å². The van der Waals surface area contributed by atoms with E-state index in [1.807, 2.05) is 0 Å². The fraction of sp³-hybridized carbons (Fsp3) is 0.938. The van der Waals surface area contributed by atoms with E-state index in [9.17, 15) is 4.79 Å². The summed E-state index contributed by atoms with van der Waals surface area (Å²) < 4.78 is 5.75. The Bertz CT molecular complexity index is 374. The number of carbonyl (C=O) groups excluding carboxylic acids is 1. The molecule has 2 unspecified atom stereocenters. The second-order valence-electron chi connectivity index (χ2n) is 7.75. The normalized spacial score (nSPS) is 49.5. The van der Waals surface area contributed by atoms with E-state index in [2.05, 4.69) is 5.32 Å². The van der Waals surface area contributed by atoms with Gasteiger partial charge in [-0.2, -0.15) is 0 Å². The minimum absolute atomic E-state index is 0.0853. The molecule has 2 atom stereocenters. The molecule has 0 radical (unpaired) electrons. The van der Waals surface area contributed by atoms with E-state index in [1.165, 1.54) is 38.5 Å². The van der Waals surface area contributed by atoms with Gasteiger partial charge in [-0.05, 0) is 69.1 Å². The molecule has 4 heteroatoms. The van der Waals surface area contributed by atoms with Gasteiger partial charge in [-0.15, -0.1) is 0 Å². The highest BCUT2D eigenvalue weighted by Gasteiger charge is 2.52. The molecule has 112 valence electrons. The number of amides is 1. The van der Waals surface area contributed by atoms with Gasteiger partial charge in [0.05, 0.1) is 6.10 Å². The monoisotopic (exact) mass is 278 g/mol. The summed E-state index contributed by atoms with van der Waals surface area (Å²) in [5.74, 6) is 2.72. The quantitative estimate of drug-likeness (QED) is 0.824. The highest BCUT2D eigenvalue weighted by Crippen LogP contribution is 2.55. The Morgan fingerprint density at radius 3 is 2.20 bits per heavy atom. The first kappa shape index (κ1) is 13.1. The maximum Gasteiger partial charge on any atom is 0.249 e. The standard InChI is InChI=1S/C16H26N2O2/c17-9-13-1-2-14(20-13)15(19)18-16-6-10-3-11(7-16)5-12(4-10)8-16/h10-14H,1-9,17H2,(H,18,19). The molecule has 1 heterocycles. The molecule has 3 N–H and O–H groups in total. The van der Waals surface area contributed by atoms with E-state index in [0.29, 0.717) is 6.54 Å². The van der Waals surface area contributed by atoms with Crippen molar-refractivity contribution in [2.75, 3.05) is 6.54 Å². The van der Waals surface area contributed by atoms with Crippen LogP contribution in [0.5, 0.6) is 0 Å². The first-order chi connectivity index (χ1) is 9.66. The summed E-state index contributed by atoms with van der Waals surface area (Å²) in [6.07, 6.45) is 9.43. The zero-order valence-electron chi connectivity index (χ0n) is 12.1. The molecule has 0 aromatic heterocycles. The van der Waals surface area contributed by atoms with Crippen LogP contribution in [0.4, 0.5) is 0 Å². The van der Waals surface area contributed by atoms with Crippen LogP contribution in [0.2, 0.25) is 0 Å². The number of hydrogen-bond donors (Lipinski definition) is 2. The zero-order valence-corrected chi connectivity index (χ0v) is 12.1. The zero-order chi connectivity index (χ0) is 13.7. The van der Waals surface area contributed by atoms with Gasteiger partial charge in [0.15, 0.2) is 0 Å². The molecule has 1 saturated heterocycles. The van der Waals surface area contributed by atoms with Gasteiger partial charge in [-0.25, -0.2) is 0 Å². The number of carbonyl (C=O) groups is 1. The lowest BCUT2D eigenvalue weighted by Crippen LogP contribution is -2.61. The third-order valence-electron chi connectivity index (χ3n) is 6.09. The van der Waals surface area contributed by atoms with Crippen LogP contribution in [0.3, 0.4) is 0 Å². The molecule has 4 nitrogen and oxygen atoms in total. The SMILES string of the molecule is NCC1CCC(C(=O)NC23CC4CC(CC(C4)C2)C3)O1. The van der Waals surface area contributed by atoms with E-state index in [1.54, 1.807) is 0 Å². The first-order valence-corrected chi connectivity index (χ1v) is 8.33. The Morgan fingerprint density at radius 1 is 1.10 bits per heavy atom. The van der Waals surface area contributed by atoms with Gasteiger partial charge in [-0.3, -0.25) is 4.79 Å². The summed E-state index contributed by atoms with van der Waals surface area (Å²) >= 11 is 0. The van der Waals surface area contributed by atoms with Crippen molar-refractivity contribution in [3.63, 3.8) is 0 Å². The van der Waals surface area contributed by atoms with Crippen LogP contribution in [0, 0.1) is 17.8 Å². The molecule has 5 rings (SSSR count). The number of hydrogen-bond acceptors (Lipinski definition) is 3. The lowest BCUT2D eigenvalue weighted by molar-refractivity contribution is -0.137. The van der Waals surface area contributed by atoms with Gasteiger partial charge in [0.1, 0.15) is 6.10 Å². The van der Waals surface area contributed by atoms with E-state index in [-0.39, 0.29) is 23.7 Å². The van der Waals surface area contributed by atoms with Crippen molar-refractivity contribution in [2.24, 2.45) is 23.5 Å². The Balaban J connectivity index is 1.42. The minimum Gasteiger partial charge on any atom is -0.364 e. The summed E-state index contributed by atoms with van der Waals surface area (Å²) in [6.45, 7) is 0.529. The second-order valence-corrected chi connectivity index (χ2v) is 7.75. The maximum atomic E-state index is 12.5. The molecular weight excluding hydrogens is 252 g/mol. The van der Waals surface area contributed by atoms with Gasteiger partial charge in [-0.1, -0.05) is 0 Å². The van der Waals surface area contributed by atoms with E-state index >= 15 is 0 Å².